The van der Waals surface area contributed by atoms with Crippen LogP contribution in [0.5, 0.6) is 0 Å². The fourth-order valence-electron chi connectivity index (χ4n) is 6.60. The Morgan fingerprint density at radius 1 is 0.970 bits per heavy atom. The molecule has 2 unspecified atom stereocenters. The average molecular weight is 443 g/mol. The smallest absolute Gasteiger partial charge is 0.338 e. The normalized spacial score (nSPS) is 26.2. The Morgan fingerprint density at radius 3 is 2.21 bits per heavy atom. The minimum atomic E-state index is -0.238. The van der Waals surface area contributed by atoms with Crippen LogP contribution in [-0.4, -0.2) is 12.6 Å². The fourth-order valence-corrected chi connectivity index (χ4v) is 6.60. The van der Waals surface area contributed by atoms with Gasteiger partial charge in [-0.05, 0) is 103 Å². The maximum atomic E-state index is 12.0. The Hall–Kier alpha value is -2.35. The lowest BCUT2D eigenvalue weighted by Crippen LogP contribution is -2.34. The monoisotopic (exact) mass is 442 g/mol. The molecule has 0 saturated heterocycles. The van der Waals surface area contributed by atoms with Crippen molar-refractivity contribution in [3.05, 3.63) is 81.4 Å². The van der Waals surface area contributed by atoms with Gasteiger partial charge < -0.3 is 4.74 Å². The molecule has 0 radical (unpaired) electrons. The van der Waals surface area contributed by atoms with Gasteiger partial charge in [-0.15, -0.1) is 0 Å². The molecule has 1 fully saturated rings. The number of rotatable bonds is 5. The molecule has 0 heterocycles. The van der Waals surface area contributed by atoms with Crippen molar-refractivity contribution in [2.45, 2.75) is 89.9 Å². The molecular weight excluding hydrogens is 404 g/mol. The van der Waals surface area contributed by atoms with Gasteiger partial charge in [0.2, 0.25) is 0 Å². The number of aryl methyl sites for hydroxylation is 1. The fraction of sp³-hybridized carbons (Fsp3) is 0.516. The molecular formula is C31H38O2. The number of esters is 1. The Balaban J connectivity index is 1.47. The van der Waals surface area contributed by atoms with E-state index in [2.05, 4.69) is 65.0 Å². The van der Waals surface area contributed by atoms with Crippen molar-refractivity contribution in [2.75, 3.05) is 6.61 Å². The first-order chi connectivity index (χ1) is 15.6. The summed E-state index contributed by atoms with van der Waals surface area (Å²) in [7, 11) is 0. The van der Waals surface area contributed by atoms with Crippen molar-refractivity contribution in [1.29, 1.82) is 0 Å². The van der Waals surface area contributed by atoms with Crippen LogP contribution in [0.15, 0.2) is 48.0 Å². The SMILES string of the molecule is CCOC(=O)c1ccc(CC2=CCC3CC23c2cc3c(cc2C)C(C)(C)CCC3(C)C)cc1. The third-order valence-electron chi connectivity index (χ3n) is 8.87. The summed E-state index contributed by atoms with van der Waals surface area (Å²) in [6, 6.07) is 13.2. The summed E-state index contributed by atoms with van der Waals surface area (Å²) in [5, 5.41) is 0. The van der Waals surface area contributed by atoms with Crippen LogP contribution in [0.3, 0.4) is 0 Å². The minimum absolute atomic E-state index is 0.219. The molecule has 3 aliphatic carbocycles. The van der Waals surface area contributed by atoms with Crippen molar-refractivity contribution in [1.82, 2.24) is 0 Å². The quantitative estimate of drug-likeness (QED) is 0.357. The zero-order valence-electron chi connectivity index (χ0n) is 21.2. The second-order valence-electron chi connectivity index (χ2n) is 11.9. The van der Waals surface area contributed by atoms with Gasteiger partial charge in [-0.3, -0.25) is 0 Å². The largest absolute Gasteiger partial charge is 0.462 e. The first-order valence-electron chi connectivity index (χ1n) is 12.7. The van der Waals surface area contributed by atoms with Gasteiger partial charge in [-0.2, -0.15) is 0 Å². The molecule has 2 aromatic carbocycles. The van der Waals surface area contributed by atoms with E-state index in [4.69, 9.17) is 4.74 Å². The first-order valence-corrected chi connectivity index (χ1v) is 12.7. The van der Waals surface area contributed by atoms with Crippen LogP contribution in [0.25, 0.3) is 0 Å². The van der Waals surface area contributed by atoms with Crippen LogP contribution >= 0.6 is 0 Å². The van der Waals surface area contributed by atoms with Gasteiger partial charge in [-0.1, -0.05) is 63.6 Å². The molecule has 2 heteroatoms. The summed E-state index contributed by atoms with van der Waals surface area (Å²) in [5.41, 5.74) is 10.4. The van der Waals surface area contributed by atoms with Crippen molar-refractivity contribution in [2.24, 2.45) is 5.92 Å². The molecule has 174 valence electrons. The lowest BCUT2D eigenvalue weighted by Gasteiger charge is -2.43. The molecule has 3 aliphatic rings. The van der Waals surface area contributed by atoms with Crippen LogP contribution in [-0.2, 0) is 27.4 Å². The lowest BCUT2D eigenvalue weighted by atomic mass is 9.62. The number of benzene rings is 2. The summed E-state index contributed by atoms with van der Waals surface area (Å²) < 4.78 is 5.14. The predicted molar refractivity (Wildman–Crippen MR) is 135 cm³/mol. The number of hydrogen-bond donors (Lipinski definition) is 0. The highest BCUT2D eigenvalue weighted by Gasteiger charge is 2.60. The standard InChI is InChI=1S/C31H38O2/c1-7-33-28(32)22-10-8-21(9-11-22)17-23-12-13-24-19-31(23,24)25-18-27-26(16-20(25)2)29(3,4)14-15-30(27,5)6/h8-12,16,18,24H,7,13-15,17,19H2,1-6H3. The Labute approximate surface area is 199 Å². The van der Waals surface area contributed by atoms with Gasteiger partial charge in [0.05, 0.1) is 12.2 Å². The number of fused-ring (bicyclic) bond motifs is 2. The van der Waals surface area contributed by atoms with E-state index in [-0.39, 0.29) is 22.2 Å². The minimum Gasteiger partial charge on any atom is -0.462 e. The van der Waals surface area contributed by atoms with Gasteiger partial charge >= 0.3 is 5.97 Å². The summed E-state index contributed by atoms with van der Waals surface area (Å²) in [6.07, 6.45) is 8.45. The molecule has 2 atom stereocenters. The molecule has 0 aromatic heterocycles. The van der Waals surface area contributed by atoms with Crippen molar-refractivity contribution in [3.8, 4) is 0 Å². The molecule has 0 spiro atoms. The van der Waals surface area contributed by atoms with Crippen LogP contribution < -0.4 is 0 Å². The molecule has 2 nitrogen and oxygen atoms in total. The van der Waals surface area contributed by atoms with Crippen LogP contribution in [0.1, 0.15) is 98.5 Å². The van der Waals surface area contributed by atoms with E-state index in [1.54, 1.807) is 22.3 Å². The predicted octanol–water partition coefficient (Wildman–Crippen LogP) is 7.35. The van der Waals surface area contributed by atoms with Crippen LogP contribution in [0.2, 0.25) is 0 Å². The summed E-state index contributed by atoms with van der Waals surface area (Å²) in [5.74, 6) is 0.515. The van der Waals surface area contributed by atoms with E-state index in [1.807, 2.05) is 19.1 Å². The molecule has 0 amide bonds. The van der Waals surface area contributed by atoms with E-state index in [0.717, 1.165) is 12.3 Å². The first kappa shape index (κ1) is 22.4. The van der Waals surface area contributed by atoms with Crippen molar-refractivity contribution in [3.63, 3.8) is 0 Å². The maximum Gasteiger partial charge on any atom is 0.338 e. The Kier molecular flexibility index (Phi) is 5.16. The Bertz CT molecular complexity index is 1130. The van der Waals surface area contributed by atoms with Gasteiger partial charge in [-0.25, -0.2) is 4.79 Å². The molecule has 1 saturated carbocycles. The second-order valence-corrected chi connectivity index (χ2v) is 11.9. The highest BCUT2D eigenvalue weighted by molar-refractivity contribution is 5.89. The number of allylic oxidation sites excluding steroid dienone is 2. The third kappa shape index (κ3) is 3.57. The maximum absolute atomic E-state index is 12.0. The number of ether oxygens (including phenoxy) is 1. The van der Waals surface area contributed by atoms with E-state index in [9.17, 15) is 4.79 Å². The molecule has 0 bridgehead atoms. The lowest BCUT2D eigenvalue weighted by molar-refractivity contribution is 0.0526. The summed E-state index contributed by atoms with van der Waals surface area (Å²) in [6.45, 7) is 14.3. The van der Waals surface area contributed by atoms with Gasteiger partial charge in [0.25, 0.3) is 0 Å². The van der Waals surface area contributed by atoms with Crippen molar-refractivity contribution < 1.29 is 9.53 Å². The molecule has 0 N–H and O–H groups in total. The van der Waals surface area contributed by atoms with Crippen LogP contribution in [0.4, 0.5) is 0 Å². The van der Waals surface area contributed by atoms with Crippen LogP contribution in [0, 0.1) is 12.8 Å². The molecule has 5 rings (SSSR count). The highest BCUT2D eigenvalue weighted by atomic mass is 16.5. The van der Waals surface area contributed by atoms with E-state index >= 15 is 0 Å². The Morgan fingerprint density at radius 2 is 1.61 bits per heavy atom. The number of carbonyl (C=O) groups excluding carboxylic acids is 1. The second kappa shape index (κ2) is 7.58. The van der Waals surface area contributed by atoms with Gasteiger partial charge in [0, 0.05) is 5.41 Å². The van der Waals surface area contributed by atoms with Gasteiger partial charge in [0.1, 0.15) is 0 Å². The molecule has 2 aromatic rings. The van der Waals surface area contributed by atoms with E-state index in [0.29, 0.717) is 12.2 Å². The number of hydrogen-bond acceptors (Lipinski definition) is 2. The summed E-state index contributed by atoms with van der Waals surface area (Å²) >= 11 is 0. The third-order valence-corrected chi connectivity index (χ3v) is 8.87. The van der Waals surface area contributed by atoms with Gasteiger partial charge in [0.15, 0.2) is 0 Å². The zero-order chi connectivity index (χ0) is 23.6. The topological polar surface area (TPSA) is 26.3 Å². The molecule has 0 aliphatic heterocycles. The van der Waals surface area contributed by atoms with E-state index < -0.39 is 0 Å². The summed E-state index contributed by atoms with van der Waals surface area (Å²) in [4.78, 5) is 12.0. The zero-order valence-corrected chi connectivity index (χ0v) is 21.2. The molecule has 33 heavy (non-hydrogen) atoms. The average Bonchev–Trinajstić information content (AvgIpc) is 3.40. The van der Waals surface area contributed by atoms with Crippen molar-refractivity contribution >= 4 is 5.97 Å². The van der Waals surface area contributed by atoms with E-state index in [1.165, 1.54) is 36.8 Å². The highest BCUT2D eigenvalue weighted by Crippen LogP contribution is 2.66. The number of carbonyl (C=O) groups is 1.